The second kappa shape index (κ2) is 4.07. The molecule has 0 N–H and O–H groups in total. The SMILES string of the molecule is CC(C)c1ccc(-c2cc(Cl)on2)cc1. The summed E-state index contributed by atoms with van der Waals surface area (Å²) in [6.07, 6.45) is 0. The minimum Gasteiger partial charge on any atom is -0.344 e. The lowest BCUT2D eigenvalue weighted by Crippen LogP contribution is -1.86. The highest BCUT2D eigenvalue weighted by atomic mass is 35.5. The molecule has 1 aromatic heterocycles. The molecule has 0 fully saturated rings. The van der Waals surface area contributed by atoms with Crippen LogP contribution in [0.1, 0.15) is 25.3 Å². The van der Waals surface area contributed by atoms with Crippen molar-refractivity contribution in [3.63, 3.8) is 0 Å². The Morgan fingerprint density at radius 2 is 1.87 bits per heavy atom. The fraction of sp³-hybridized carbons (Fsp3) is 0.250. The van der Waals surface area contributed by atoms with Gasteiger partial charge in [0.1, 0.15) is 5.69 Å². The van der Waals surface area contributed by atoms with Crippen molar-refractivity contribution < 1.29 is 4.52 Å². The third-order valence-electron chi connectivity index (χ3n) is 2.35. The van der Waals surface area contributed by atoms with E-state index in [0.717, 1.165) is 11.3 Å². The van der Waals surface area contributed by atoms with Crippen molar-refractivity contribution in [3.8, 4) is 11.3 Å². The maximum atomic E-state index is 5.66. The van der Waals surface area contributed by atoms with Crippen LogP contribution in [-0.4, -0.2) is 5.16 Å². The Labute approximate surface area is 93.9 Å². The van der Waals surface area contributed by atoms with Gasteiger partial charge in [-0.1, -0.05) is 43.3 Å². The highest BCUT2D eigenvalue weighted by Crippen LogP contribution is 2.23. The summed E-state index contributed by atoms with van der Waals surface area (Å²) in [5.41, 5.74) is 3.11. The van der Waals surface area contributed by atoms with Gasteiger partial charge in [-0.05, 0) is 23.1 Å². The quantitative estimate of drug-likeness (QED) is 0.763. The summed E-state index contributed by atoms with van der Waals surface area (Å²) in [4.78, 5) is 0. The average molecular weight is 222 g/mol. The molecule has 0 aliphatic carbocycles. The van der Waals surface area contributed by atoms with E-state index >= 15 is 0 Å². The summed E-state index contributed by atoms with van der Waals surface area (Å²) >= 11 is 5.66. The lowest BCUT2D eigenvalue weighted by atomic mass is 10.0. The van der Waals surface area contributed by atoms with E-state index in [9.17, 15) is 0 Å². The van der Waals surface area contributed by atoms with Gasteiger partial charge in [0, 0.05) is 11.6 Å². The van der Waals surface area contributed by atoms with Gasteiger partial charge in [-0.3, -0.25) is 0 Å². The van der Waals surface area contributed by atoms with Crippen LogP contribution >= 0.6 is 11.6 Å². The number of halogens is 1. The van der Waals surface area contributed by atoms with Gasteiger partial charge in [-0.2, -0.15) is 0 Å². The van der Waals surface area contributed by atoms with Gasteiger partial charge in [0.05, 0.1) is 0 Å². The van der Waals surface area contributed by atoms with Crippen molar-refractivity contribution in [3.05, 3.63) is 41.1 Å². The minimum atomic E-state index is 0.318. The molecule has 0 unspecified atom stereocenters. The van der Waals surface area contributed by atoms with Crippen LogP contribution in [0, 0.1) is 0 Å². The first-order valence-electron chi connectivity index (χ1n) is 4.89. The zero-order chi connectivity index (χ0) is 10.8. The predicted molar refractivity (Wildman–Crippen MR) is 61.0 cm³/mol. The van der Waals surface area contributed by atoms with Gasteiger partial charge in [-0.15, -0.1) is 0 Å². The molecule has 0 amide bonds. The number of hydrogen-bond acceptors (Lipinski definition) is 2. The fourth-order valence-corrected chi connectivity index (χ4v) is 1.57. The second-order valence-corrected chi connectivity index (χ2v) is 4.17. The predicted octanol–water partition coefficient (Wildman–Crippen LogP) is 4.12. The topological polar surface area (TPSA) is 26.0 Å². The van der Waals surface area contributed by atoms with Crippen molar-refractivity contribution in [2.45, 2.75) is 19.8 Å². The molecule has 2 rings (SSSR count). The van der Waals surface area contributed by atoms with E-state index < -0.39 is 0 Å². The first kappa shape index (κ1) is 10.2. The Balaban J connectivity index is 2.31. The van der Waals surface area contributed by atoms with Crippen molar-refractivity contribution in [2.24, 2.45) is 0 Å². The van der Waals surface area contributed by atoms with E-state index in [4.69, 9.17) is 16.1 Å². The minimum absolute atomic E-state index is 0.318. The average Bonchev–Trinajstić information content (AvgIpc) is 2.65. The molecule has 2 aromatic rings. The molecule has 0 saturated carbocycles. The molecule has 0 bridgehead atoms. The number of aromatic nitrogens is 1. The van der Waals surface area contributed by atoms with Gasteiger partial charge in [0.2, 0.25) is 5.22 Å². The van der Waals surface area contributed by atoms with Crippen LogP contribution in [-0.2, 0) is 0 Å². The Morgan fingerprint density at radius 3 is 2.33 bits per heavy atom. The van der Waals surface area contributed by atoms with Crippen LogP contribution in [0.4, 0.5) is 0 Å². The van der Waals surface area contributed by atoms with Gasteiger partial charge in [-0.25, -0.2) is 0 Å². The van der Waals surface area contributed by atoms with E-state index in [-0.39, 0.29) is 0 Å². The summed E-state index contributed by atoms with van der Waals surface area (Å²) in [5, 5.41) is 4.17. The molecule has 15 heavy (non-hydrogen) atoms. The number of hydrogen-bond donors (Lipinski definition) is 0. The number of benzene rings is 1. The largest absolute Gasteiger partial charge is 0.344 e. The number of nitrogens with zero attached hydrogens (tertiary/aromatic N) is 1. The standard InChI is InChI=1S/C12H12ClNO/c1-8(2)9-3-5-10(6-4-9)11-7-12(13)15-14-11/h3-8H,1-2H3. The van der Waals surface area contributed by atoms with E-state index in [1.165, 1.54) is 5.56 Å². The van der Waals surface area contributed by atoms with Crippen LogP contribution in [0.2, 0.25) is 5.22 Å². The highest BCUT2D eigenvalue weighted by molar-refractivity contribution is 6.29. The van der Waals surface area contributed by atoms with Crippen LogP contribution < -0.4 is 0 Å². The van der Waals surface area contributed by atoms with Crippen LogP contribution in [0.5, 0.6) is 0 Å². The molecule has 0 saturated heterocycles. The molecule has 0 aliphatic rings. The first-order valence-corrected chi connectivity index (χ1v) is 5.27. The summed E-state index contributed by atoms with van der Waals surface area (Å²) in [6, 6.07) is 9.98. The smallest absolute Gasteiger partial charge is 0.226 e. The van der Waals surface area contributed by atoms with Crippen molar-refractivity contribution in [2.75, 3.05) is 0 Å². The zero-order valence-electron chi connectivity index (χ0n) is 8.70. The Kier molecular flexibility index (Phi) is 2.78. The van der Waals surface area contributed by atoms with E-state index in [1.807, 2.05) is 12.1 Å². The normalized spacial score (nSPS) is 10.9. The lowest BCUT2D eigenvalue weighted by molar-refractivity contribution is 0.424. The Hall–Kier alpha value is -1.28. The summed E-state index contributed by atoms with van der Waals surface area (Å²) in [6.45, 7) is 4.34. The second-order valence-electron chi connectivity index (χ2n) is 3.79. The fourth-order valence-electron chi connectivity index (χ4n) is 1.43. The molecule has 78 valence electrons. The molecular formula is C12H12ClNO. The van der Waals surface area contributed by atoms with Crippen LogP contribution in [0.15, 0.2) is 34.9 Å². The highest BCUT2D eigenvalue weighted by Gasteiger charge is 2.05. The third kappa shape index (κ3) is 2.21. The first-order chi connectivity index (χ1) is 7.16. The molecule has 1 aromatic carbocycles. The Morgan fingerprint density at radius 1 is 1.20 bits per heavy atom. The number of rotatable bonds is 2. The van der Waals surface area contributed by atoms with Gasteiger partial charge < -0.3 is 4.52 Å². The molecule has 0 spiro atoms. The Bertz CT molecular complexity index is 445. The molecule has 0 aliphatic heterocycles. The van der Waals surface area contributed by atoms with Crippen molar-refractivity contribution in [1.29, 1.82) is 0 Å². The van der Waals surface area contributed by atoms with Gasteiger partial charge >= 0.3 is 0 Å². The molecule has 2 nitrogen and oxygen atoms in total. The summed E-state index contributed by atoms with van der Waals surface area (Å²) < 4.78 is 4.81. The molecule has 0 radical (unpaired) electrons. The van der Waals surface area contributed by atoms with Crippen LogP contribution in [0.25, 0.3) is 11.3 Å². The molecular weight excluding hydrogens is 210 g/mol. The van der Waals surface area contributed by atoms with Gasteiger partial charge in [0.25, 0.3) is 0 Å². The van der Waals surface area contributed by atoms with Crippen molar-refractivity contribution >= 4 is 11.6 Å². The monoisotopic (exact) mass is 221 g/mol. The van der Waals surface area contributed by atoms with E-state index in [1.54, 1.807) is 6.07 Å². The van der Waals surface area contributed by atoms with Crippen molar-refractivity contribution in [1.82, 2.24) is 5.16 Å². The van der Waals surface area contributed by atoms with Crippen LogP contribution in [0.3, 0.4) is 0 Å². The zero-order valence-corrected chi connectivity index (χ0v) is 9.45. The lowest BCUT2D eigenvalue weighted by Gasteiger charge is -2.04. The molecule has 1 heterocycles. The summed E-state index contributed by atoms with van der Waals surface area (Å²) in [5.74, 6) is 0.542. The summed E-state index contributed by atoms with van der Waals surface area (Å²) in [7, 11) is 0. The van der Waals surface area contributed by atoms with E-state index in [2.05, 4.69) is 31.1 Å². The molecule has 0 atom stereocenters. The molecule has 3 heteroatoms. The third-order valence-corrected chi connectivity index (χ3v) is 2.53. The van der Waals surface area contributed by atoms with Gasteiger partial charge in [0.15, 0.2) is 0 Å². The maximum absolute atomic E-state index is 5.66. The maximum Gasteiger partial charge on any atom is 0.226 e. The van der Waals surface area contributed by atoms with E-state index in [0.29, 0.717) is 11.1 Å².